The van der Waals surface area contributed by atoms with Gasteiger partial charge in [0.1, 0.15) is 5.82 Å². The van der Waals surface area contributed by atoms with Gasteiger partial charge < -0.3 is 0 Å². The minimum atomic E-state index is -0.337. The second-order valence-electron chi connectivity index (χ2n) is 3.48. The number of hydrogen-bond acceptors (Lipinski definition) is 1. The normalized spacial score (nSPS) is 10.5. The Morgan fingerprint density at radius 2 is 1.92 bits per heavy atom. The van der Waals surface area contributed by atoms with Crippen LogP contribution in [0.15, 0.2) is 18.2 Å². The van der Waals surface area contributed by atoms with Gasteiger partial charge in [0, 0.05) is 5.56 Å². The van der Waals surface area contributed by atoms with Gasteiger partial charge in [-0.05, 0) is 36.6 Å². The third-order valence-electron chi connectivity index (χ3n) is 1.99. The average Bonchev–Trinajstić information content (AvgIpc) is 2.03. The van der Waals surface area contributed by atoms with Crippen LogP contribution in [-0.4, -0.2) is 5.78 Å². The van der Waals surface area contributed by atoms with Crippen LogP contribution in [0.4, 0.5) is 4.39 Å². The first kappa shape index (κ1) is 9.90. The molecule has 1 rings (SSSR count). The molecule has 70 valence electrons. The maximum atomic E-state index is 13.0. The van der Waals surface area contributed by atoms with Gasteiger partial charge in [-0.1, -0.05) is 13.8 Å². The van der Waals surface area contributed by atoms with Crippen molar-refractivity contribution >= 4 is 5.78 Å². The van der Waals surface area contributed by atoms with Crippen molar-refractivity contribution in [2.45, 2.75) is 26.7 Å². The van der Waals surface area contributed by atoms with Gasteiger partial charge in [-0.15, -0.1) is 0 Å². The molecule has 0 spiro atoms. The molecule has 0 unspecified atom stereocenters. The molecule has 0 bridgehead atoms. The highest BCUT2D eigenvalue weighted by molar-refractivity contribution is 5.94. The molecule has 1 nitrogen and oxygen atoms in total. The molecule has 0 amide bonds. The third-order valence-corrected chi connectivity index (χ3v) is 1.99. The predicted octanol–water partition coefficient (Wildman–Crippen LogP) is 3.15. The lowest BCUT2D eigenvalue weighted by atomic mass is 9.99. The van der Waals surface area contributed by atoms with Gasteiger partial charge in [-0.2, -0.15) is 0 Å². The van der Waals surface area contributed by atoms with E-state index in [1.165, 1.54) is 19.1 Å². The molecular weight excluding hydrogens is 167 g/mol. The Kier molecular flexibility index (Phi) is 2.81. The van der Waals surface area contributed by atoms with Crippen LogP contribution >= 0.6 is 0 Å². The van der Waals surface area contributed by atoms with Gasteiger partial charge in [0.25, 0.3) is 0 Å². The van der Waals surface area contributed by atoms with Gasteiger partial charge in [0.05, 0.1) is 0 Å². The molecule has 1 aromatic carbocycles. The summed E-state index contributed by atoms with van der Waals surface area (Å²) in [4.78, 5) is 11.0. The number of ketones is 1. The van der Waals surface area contributed by atoms with Crippen LogP contribution in [0.3, 0.4) is 0 Å². The molecular formula is C11H13FO. The van der Waals surface area contributed by atoms with E-state index in [2.05, 4.69) is 0 Å². The van der Waals surface area contributed by atoms with Crippen molar-refractivity contribution in [3.63, 3.8) is 0 Å². The summed E-state index contributed by atoms with van der Waals surface area (Å²) in [5.41, 5.74) is 1.31. The number of Topliss-reactive ketones (excluding diaryl/α,β-unsaturated/α-hetero) is 1. The van der Waals surface area contributed by atoms with Gasteiger partial charge >= 0.3 is 0 Å². The van der Waals surface area contributed by atoms with Crippen LogP contribution in [0.2, 0.25) is 0 Å². The van der Waals surface area contributed by atoms with Crippen LogP contribution in [0.1, 0.15) is 42.6 Å². The van der Waals surface area contributed by atoms with Gasteiger partial charge in [-0.3, -0.25) is 4.79 Å². The Morgan fingerprint density at radius 3 is 2.38 bits per heavy atom. The van der Waals surface area contributed by atoms with Crippen molar-refractivity contribution in [2.75, 3.05) is 0 Å². The number of carbonyl (C=O) groups is 1. The Bertz CT molecular complexity index is 329. The molecule has 0 saturated heterocycles. The van der Waals surface area contributed by atoms with Gasteiger partial charge in [0.15, 0.2) is 5.78 Å². The molecule has 0 aliphatic heterocycles. The minimum absolute atomic E-state index is 0.0959. The Hall–Kier alpha value is -1.18. The van der Waals surface area contributed by atoms with Crippen molar-refractivity contribution < 1.29 is 9.18 Å². The van der Waals surface area contributed by atoms with Crippen LogP contribution < -0.4 is 0 Å². The summed E-state index contributed by atoms with van der Waals surface area (Å²) in [5, 5.41) is 0. The molecule has 0 radical (unpaired) electrons. The summed E-state index contributed by atoms with van der Waals surface area (Å²) >= 11 is 0. The molecule has 0 aromatic heterocycles. The second kappa shape index (κ2) is 3.69. The number of hydrogen-bond donors (Lipinski definition) is 0. The van der Waals surface area contributed by atoms with E-state index in [9.17, 15) is 9.18 Å². The number of benzene rings is 1. The minimum Gasteiger partial charge on any atom is -0.295 e. The maximum absolute atomic E-state index is 13.0. The van der Waals surface area contributed by atoms with E-state index in [-0.39, 0.29) is 17.5 Å². The second-order valence-corrected chi connectivity index (χ2v) is 3.48. The SMILES string of the molecule is CC(=O)c1cc(F)cc(C(C)C)c1. The first-order valence-corrected chi connectivity index (χ1v) is 4.32. The van der Waals surface area contributed by atoms with Crippen molar-refractivity contribution in [2.24, 2.45) is 0 Å². The molecule has 0 saturated carbocycles. The summed E-state index contributed by atoms with van der Waals surface area (Å²) in [6.07, 6.45) is 0. The first-order chi connectivity index (χ1) is 6.00. The first-order valence-electron chi connectivity index (χ1n) is 4.32. The lowest BCUT2D eigenvalue weighted by Crippen LogP contribution is -1.97. The average molecular weight is 180 g/mol. The van der Waals surface area contributed by atoms with E-state index in [1.807, 2.05) is 13.8 Å². The number of rotatable bonds is 2. The predicted molar refractivity (Wildman–Crippen MR) is 50.5 cm³/mol. The van der Waals surface area contributed by atoms with Crippen LogP contribution in [0.25, 0.3) is 0 Å². The molecule has 0 N–H and O–H groups in total. The summed E-state index contributed by atoms with van der Waals surface area (Å²) < 4.78 is 13.0. The molecule has 0 heterocycles. The van der Waals surface area contributed by atoms with E-state index in [4.69, 9.17) is 0 Å². The monoisotopic (exact) mass is 180 g/mol. The van der Waals surface area contributed by atoms with Crippen molar-refractivity contribution in [3.05, 3.63) is 35.1 Å². The summed E-state index contributed by atoms with van der Waals surface area (Å²) in [6, 6.07) is 4.49. The van der Waals surface area contributed by atoms with E-state index in [0.29, 0.717) is 5.56 Å². The zero-order valence-electron chi connectivity index (χ0n) is 8.10. The van der Waals surface area contributed by atoms with Crippen LogP contribution in [0.5, 0.6) is 0 Å². The Labute approximate surface area is 77.6 Å². The molecule has 2 heteroatoms. The lowest BCUT2D eigenvalue weighted by Gasteiger charge is -2.06. The Morgan fingerprint density at radius 1 is 1.31 bits per heavy atom. The summed E-state index contributed by atoms with van der Waals surface area (Å²) in [6.45, 7) is 5.39. The zero-order valence-corrected chi connectivity index (χ0v) is 8.10. The molecule has 13 heavy (non-hydrogen) atoms. The van der Waals surface area contributed by atoms with Crippen LogP contribution in [0, 0.1) is 5.82 Å². The standard InChI is InChI=1S/C11H13FO/c1-7(2)9-4-10(8(3)13)6-11(12)5-9/h4-7H,1-3H3. The summed E-state index contributed by atoms with van der Waals surface area (Å²) in [5.74, 6) is -0.188. The molecule has 0 fully saturated rings. The van der Waals surface area contributed by atoms with Crippen molar-refractivity contribution in [1.82, 2.24) is 0 Å². The fraction of sp³-hybridized carbons (Fsp3) is 0.364. The van der Waals surface area contributed by atoms with Crippen LogP contribution in [-0.2, 0) is 0 Å². The van der Waals surface area contributed by atoms with E-state index in [0.717, 1.165) is 5.56 Å². The third kappa shape index (κ3) is 2.38. The highest BCUT2D eigenvalue weighted by Gasteiger charge is 2.06. The van der Waals surface area contributed by atoms with Crippen molar-refractivity contribution in [1.29, 1.82) is 0 Å². The van der Waals surface area contributed by atoms with Gasteiger partial charge in [-0.25, -0.2) is 4.39 Å². The molecule has 0 aliphatic rings. The summed E-state index contributed by atoms with van der Waals surface area (Å²) in [7, 11) is 0. The van der Waals surface area contributed by atoms with Crippen molar-refractivity contribution in [3.8, 4) is 0 Å². The smallest absolute Gasteiger partial charge is 0.159 e. The molecule has 0 atom stereocenters. The van der Waals surface area contributed by atoms with E-state index < -0.39 is 0 Å². The highest BCUT2D eigenvalue weighted by Crippen LogP contribution is 2.17. The zero-order chi connectivity index (χ0) is 10.0. The topological polar surface area (TPSA) is 17.1 Å². The maximum Gasteiger partial charge on any atom is 0.159 e. The largest absolute Gasteiger partial charge is 0.295 e. The fourth-order valence-electron chi connectivity index (χ4n) is 1.15. The molecule has 1 aromatic rings. The lowest BCUT2D eigenvalue weighted by molar-refractivity contribution is 0.101. The quantitative estimate of drug-likeness (QED) is 0.639. The number of carbonyl (C=O) groups excluding carboxylic acids is 1. The van der Waals surface area contributed by atoms with Gasteiger partial charge in [0.2, 0.25) is 0 Å². The Balaban J connectivity index is 3.19. The fourth-order valence-corrected chi connectivity index (χ4v) is 1.15. The molecule has 0 aliphatic carbocycles. The number of halogens is 1. The van der Waals surface area contributed by atoms with E-state index >= 15 is 0 Å². The van der Waals surface area contributed by atoms with E-state index in [1.54, 1.807) is 6.07 Å². The highest BCUT2D eigenvalue weighted by atomic mass is 19.1.